The molecule has 3 rings (SSSR count). The molecule has 152 valence electrons. The van der Waals surface area contributed by atoms with E-state index >= 15 is 0 Å². The Morgan fingerprint density at radius 1 is 1.24 bits per heavy atom. The maximum absolute atomic E-state index is 13.6. The van der Waals surface area contributed by atoms with Gasteiger partial charge in [-0.2, -0.15) is 0 Å². The van der Waals surface area contributed by atoms with Gasteiger partial charge in [-0.25, -0.2) is 8.78 Å². The molecule has 0 atom stereocenters. The van der Waals surface area contributed by atoms with Crippen molar-refractivity contribution in [1.82, 2.24) is 14.8 Å². The van der Waals surface area contributed by atoms with Crippen LogP contribution < -0.4 is 10.1 Å². The van der Waals surface area contributed by atoms with E-state index in [2.05, 4.69) is 15.5 Å². The number of nitrogens with one attached hydrogen (secondary N) is 1. The summed E-state index contributed by atoms with van der Waals surface area (Å²) in [4.78, 5) is 12.1. The minimum absolute atomic E-state index is 0.0136. The molecule has 0 saturated carbocycles. The number of nitrogens with zero attached hydrogens (tertiary/aromatic N) is 3. The number of ether oxygens (including phenoxy) is 1. The molecule has 2 aromatic carbocycles. The van der Waals surface area contributed by atoms with Gasteiger partial charge in [0.2, 0.25) is 5.91 Å². The van der Waals surface area contributed by atoms with Gasteiger partial charge in [0, 0.05) is 12.6 Å². The predicted octanol–water partition coefficient (Wildman–Crippen LogP) is 4.54. The topological polar surface area (TPSA) is 69.0 Å². The van der Waals surface area contributed by atoms with Crippen molar-refractivity contribution in [1.29, 1.82) is 0 Å². The van der Waals surface area contributed by atoms with Crippen LogP contribution in [-0.4, -0.2) is 26.4 Å². The standard InChI is InChI=1S/C19H17ClF2N4O2S/c1-2-26-17(10-28-16-6-4-3-5-13(16)20)24-25-19(26)29-11-18(27)23-15-8-7-12(21)9-14(15)22/h3-9H,2,10-11H2,1H3,(H,23,27). The summed E-state index contributed by atoms with van der Waals surface area (Å²) in [5, 5.41) is 11.6. The fourth-order valence-corrected chi connectivity index (χ4v) is 3.47. The van der Waals surface area contributed by atoms with Crippen molar-refractivity contribution in [3.63, 3.8) is 0 Å². The molecule has 0 aliphatic rings. The average molecular weight is 439 g/mol. The molecule has 0 bridgehead atoms. The predicted molar refractivity (Wildman–Crippen MR) is 107 cm³/mol. The van der Waals surface area contributed by atoms with E-state index in [1.54, 1.807) is 18.2 Å². The van der Waals surface area contributed by atoms with Crippen molar-refractivity contribution >= 4 is 35.0 Å². The molecule has 1 N–H and O–H groups in total. The van der Waals surface area contributed by atoms with E-state index in [1.165, 1.54) is 6.07 Å². The van der Waals surface area contributed by atoms with Gasteiger partial charge >= 0.3 is 0 Å². The molecule has 0 aliphatic carbocycles. The van der Waals surface area contributed by atoms with E-state index < -0.39 is 17.5 Å². The third kappa shape index (κ3) is 5.45. The Bertz CT molecular complexity index is 1020. The number of carbonyl (C=O) groups is 1. The van der Waals surface area contributed by atoms with Crippen LogP contribution in [0.2, 0.25) is 5.02 Å². The minimum Gasteiger partial charge on any atom is -0.484 e. The Labute approximate surface area is 175 Å². The second kappa shape index (κ2) is 9.71. The molecule has 0 spiro atoms. The third-order valence-corrected chi connectivity index (χ3v) is 5.12. The van der Waals surface area contributed by atoms with Crippen LogP contribution in [0.15, 0.2) is 47.6 Å². The van der Waals surface area contributed by atoms with Crippen molar-refractivity contribution in [3.8, 4) is 5.75 Å². The van der Waals surface area contributed by atoms with Crippen LogP contribution in [0.25, 0.3) is 0 Å². The molecular weight excluding hydrogens is 422 g/mol. The summed E-state index contributed by atoms with van der Waals surface area (Å²) in [5.74, 6) is -0.883. The van der Waals surface area contributed by atoms with Crippen LogP contribution in [0.1, 0.15) is 12.7 Å². The normalized spacial score (nSPS) is 10.8. The Kier molecular flexibility index (Phi) is 7.05. The smallest absolute Gasteiger partial charge is 0.234 e. The molecule has 0 fully saturated rings. The van der Waals surface area contributed by atoms with Gasteiger partial charge in [-0.1, -0.05) is 35.5 Å². The molecular formula is C19H17ClF2N4O2S. The van der Waals surface area contributed by atoms with E-state index in [9.17, 15) is 13.6 Å². The number of halogens is 3. The van der Waals surface area contributed by atoms with Gasteiger partial charge in [0.05, 0.1) is 16.5 Å². The molecule has 1 amide bonds. The van der Waals surface area contributed by atoms with Gasteiger partial charge in [0.25, 0.3) is 0 Å². The van der Waals surface area contributed by atoms with Crippen LogP contribution in [0.3, 0.4) is 0 Å². The first-order chi connectivity index (χ1) is 14.0. The highest BCUT2D eigenvalue weighted by atomic mass is 35.5. The van der Waals surface area contributed by atoms with E-state index in [-0.39, 0.29) is 18.0 Å². The van der Waals surface area contributed by atoms with Gasteiger partial charge in [0.1, 0.15) is 24.0 Å². The zero-order chi connectivity index (χ0) is 20.8. The number of benzene rings is 2. The van der Waals surface area contributed by atoms with Crippen molar-refractivity contribution in [2.75, 3.05) is 11.1 Å². The number of thioether (sulfide) groups is 1. The molecule has 10 heteroatoms. The summed E-state index contributed by atoms with van der Waals surface area (Å²) in [5.41, 5.74) is -0.0808. The Morgan fingerprint density at radius 3 is 2.76 bits per heavy atom. The van der Waals surface area contributed by atoms with Crippen LogP contribution in [0, 0.1) is 11.6 Å². The minimum atomic E-state index is -0.834. The summed E-state index contributed by atoms with van der Waals surface area (Å²) in [7, 11) is 0. The molecule has 3 aromatic rings. The third-order valence-electron chi connectivity index (χ3n) is 3.84. The van der Waals surface area contributed by atoms with Crippen LogP contribution >= 0.6 is 23.4 Å². The number of amides is 1. The molecule has 0 saturated heterocycles. The quantitative estimate of drug-likeness (QED) is 0.523. The van der Waals surface area contributed by atoms with Crippen LogP contribution in [-0.2, 0) is 17.9 Å². The Balaban J connectivity index is 1.59. The number of hydrogen-bond donors (Lipinski definition) is 1. The highest BCUT2D eigenvalue weighted by molar-refractivity contribution is 7.99. The lowest BCUT2D eigenvalue weighted by molar-refractivity contribution is -0.113. The molecule has 29 heavy (non-hydrogen) atoms. The van der Waals surface area contributed by atoms with Crippen molar-refractivity contribution in [2.45, 2.75) is 25.2 Å². The largest absolute Gasteiger partial charge is 0.484 e. The second-order valence-electron chi connectivity index (χ2n) is 5.82. The Hall–Kier alpha value is -2.65. The number of anilines is 1. The van der Waals surface area contributed by atoms with Crippen molar-refractivity contribution in [2.24, 2.45) is 0 Å². The monoisotopic (exact) mass is 438 g/mol. The summed E-state index contributed by atoms with van der Waals surface area (Å²) in [6, 6.07) is 10.1. The maximum Gasteiger partial charge on any atom is 0.234 e. The van der Waals surface area contributed by atoms with Crippen molar-refractivity contribution in [3.05, 3.63) is 64.9 Å². The lowest BCUT2D eigenvalue weighted by atomic mass is 10.3. The SMILES string of the molecule is CCn1c(COc2ccccc2Cl)nnc1SCC(=O)Nc1ccc(F)cc1F. The number of hydrogen-bond acceptors (Lipinski definition) is 5. The fraction of sp³-hybridized carbons (Fsp3) is 0.211. The zero-order valence-corrected chi connectivity index (χ0v) is 16.9. The number of carbonyl (C=O) groups excluding carboxylic acids is 1. The number of rotatable bonds is 8. The molecule has 6 nitrogen and oxygen atoms in total. The highest BCUT2D eigenvalue weighted by Crippen LogP contribution is 2.25. The first kappa shape index (κ1) is 21.1. The van der Waals surface area contributed by atoms with Gasteiger partial charge in [-0.15, -0.1) is 10.2 Å². The van der Waals surface area contributed by atoms with Gasteiger partial charge in [-0.05, 0) is 31.2 Å². The summed E-state index contributed by atoms with van der Waals surface area (Å²) in [6.45, 7) is 2.66. The molecule has 0 aliphatic heterocycles. The summed E-state index contributed by atoms with van der Waals surface area (Å²) in [6.07, 6.45) is 0. The Morgan fingerprint density at radius 2 is 2.03 bits per heavy atom. The van der Waals surface area contributed by atoms with Crippen LogP contribution in [0.4, 0.5) is 14.5 Å². The fourth-order valence-electron chi connectivity index (χ4n) is 2.46. The zero-order valence-electron chi connectivity index (χ0n) is 15.4. The van der Waals surface area contributed by atoms with Gasteiger partial charge in [-0.3, -0.25) is 4.79 Å². The summed E-state index contributed by atoms with van der Waals surface area (Å²) < 4.78 is 34.1. The first-order valence-electron chi connectivity index (χ1n) is 8.65. The van der Waals surface area contributed by atoms with Gasteiger partial charge < -0.3 is 14.6 Å². The number of para-hydroxylation sites is 1. The molecule has 1 heterocycles. The van der Waals surface area contributed by atoms with Crippen molar-refractivity contribution < 1.29 is 18.3 Å². The van der Waals surface area contributed by atoms with E-state index in [0.717, 1.165) is 17.8 Å². The van der Waals surface area contributed by atoms with Gasteiger partial charge in [0.15, 0.2) is 11.0 Å². The average Bonchev–Trinajstić information content (AvgIpc) is 3.10. The molecule has 0 radical (unpaired) electrons. The highest BCUT2D eigenvalue weighted by Gasteiger charge is 2.15. The lowest BCUT2D eigenvalue weighted by Crippen LogP contribution is -2.16. The number of aromatic nitrogens is 3. The molecule has 0 unspecified atom stereocenters. The lowest BCUT2D eigenvalue weighted by Gasteiger charge is -2.10. The van der Waals surface area contributed by atoms with E-state index in [4.69, 9.17) is 16.3 Å². The maximum atomic E-state index is 13.6. The summed E-state index contributed by atoms with van der Waals surface area (Å²) >= 11 is 7.23. The molecule has 1 aromatic heterocycles. The second-order valence-corrected chi connectivity index (χ2v) is 7.17. The first-order valence-corrected chi connectivity index (χ1v) is 10.0. The van der Waals surface area contributed by atoms with E-state index in [1.807, 2.05) is 17.6 Å². The van der Waals surface area contributed by atoms with E-state index in [0.29, 0.717) is 34.4 Å². The van der Waals surface area contributed by atoms with Crippen LogP contribution in [0.5, 0.6) is 5.75 Å².